The van der Waals surface area contributed by atoms with Crippen molar-refractivity contribution in [2.45, 2.75) is 58.9 Å². The Kier molecular flexibility index (Phi) is 4.81. The molecule has 3 N–H and O–H groups in total. The molecular formula is C17H26N2O. The first-order valence-electron chi connectivity index (χ1n) is 7.60. The summed E-state index contributed by atoms with van der Waals surface area (Å²) in [6.45, 7) is 6.16. The van der Waals surface area contributed by atoms with Gasteiger partial charge in [0, 0.05) is 18.2 Å². The lowest BCUT2D eigenvalue weighted by Crippen LogP contribution is -2.35. The highest BCUT2D eigenvalue weighted by atomic mass is 16.1. The minimum Gasteiger partial charge on any atom is -0.327 e. The zero-order valence-corrected chi connectivity index (χ0v) is 12.8. The van der Waals surface area contributed by atoms with E-state index in [2.05, 4.69) is 24.4 Å². The maximum atomic E-state index is 12.2. The van der Waals surface area contributed by atoms with E-state index < -0.39 is 0 Å². The molecule has 0 heterocycles. The minimum atomic E-state index is 0.0994. The molecule has 0 bridgehead atoms. The lowest BCUT2D eigenvalue weighted by molar-refractivity contribution is -0.117. The summed E-state index contributed by atoms with van der Waals surface area (Å²) in [5, 5.41) is 3.08. The smallest absolute Gasteiger partial charge is 0.224 e. The molecule has 1 aliphatic rings. The Morgan fingerprint density at radius 1 is 1.20 bits per heavy atom. The number of nitrogens with one attached hydrogen (secondary N) is 1. The SMILES string of the molecule is Cc1cc(C)c(NC(=O)CC2CCCCC2N)c(C)c1. The number of rotatable bonds is 3. The molecular weight excluding hydrogens is 248 g/mol. The lowest BCUT2D eigenvalue weighted by atomic mass is 9.83. The predicted octanol–water partition coefficient (Wildman–Crippen LogP) is 3.46. The third kappa shape index (κ3) is 3.60. The van der Waals surface area contributed by atoms with Crippen molar-refractivity contribution in [3.05, 3.63) is 28.8 Å². The van der Waals surface area contributed by atoms with Crippen LogP contribution in [0.3, 0.4) is 0 Å². The summed E-state index contributed by atoms with van der Waals surface area (Å²) in [5.41, 5.74) is 10.6. The normalized spacial score (nSPS) is 22.6. The molecule has 1 amide bonds. The number of carbonyl (C=O) groups is 1. The molecule has 20 heavy (non-hydrogen) atoms. The van der Waals surface area contributed by atoms with Crippen LogP contribution in [0.4, 0.5) is 5.69 Å². The molecule has 0 radical (unpaired) electrons. The molecule has 1 aromatic rings. The molecule has 3 heteroatoms. The Morgan fingerprint density at radius 3 is 2.40 bits per heavy atom. The van der Waals surface area contributed by atoms with Crippen LogP contribution in [-0.2, 0) is 4.79 Å². The van der Waals surface area contributed by atoms with Gasteiger partial charge in [0.05, 0.1) is 0 Å². The number of amides is 1. The standard InChI is InChI=1S/C17H26N2O/c1-11-8-12(2)17(13(3)9-11)19-16(20)10-14-6-4-5-7-15(14)18/h8-9,14-15H,4-7,10,18H2,1-3H3,(H,19,20). The highest BCUT2D eigenvalue weighted by Crippen LogP contribution is 2.27. The topological polar surface area (TPSA) is 55.1 Å². The summed E-state index contributed by atoms with van der Waals surface area (Å²) in [5.74, 6) is 0.442. The van der Waals surface area contributed by atoms with Crippen LogP contribution in [0.2, 0.25) is 0 Å². The van der Waals surface area contributed by atoms with E-state index in [-0.39, 0.29) is 11.9 Å². The van der Waals surface area contributed by atoms with Gasteiger partial charge < -0.3 is 11.1 Å². The fourth-order valence-corrected chi connectivity index (χ4v) is 3.30. The number of aryl methyl sites for hydroxylation is 3. The van der Waals surface area contributed by atoms with Crippen molar-refractivity contribution in [2.75, 3.05) is 5.32 Å². The molecule has 2 unspecified atom stereocenters. The van der Waals surface area contributed by atoms with Gasteiger partial charge in [-0.3, -0.25) is 4.79 Å². The largest absolute Gasteiger partial charge is 0.327 e. The first-order valence-corrected chi connectivity index (χ1v) is 7.60. The fraction of sp³-hybridized carbons (Fsp3) is 0.588. The minimum absolute atomic E-state index is 0.0994. The van der Waals surface area contributed by atoms with E-state index in [0.717, 1.165) is 29.7 Å². The predicted molar refractivity (Wildman–Crippen MR) is 83.8 cm³/mol. The molecule has 1 aliphatic carbocycles. The van der Waals surface area contributed by atoms with Crippen molar-refractivity contribution in [3.63, 3.8) is 0 Å². The molecule has 2 rings (SSSR count). The van der Waals surface area contributed by atoms with Crippen molar-refractivity contribution in [3.8, 4) is 0 Å². The summed E-state index contributed by atoms with van der Waals surface area (Å²) in [7, 11) is 0. The Morgan fingerprint density at radius 2 is 1.80 bits per heavy atom. The third-order valence-corrected chi connectivity index (χ3v) is 4.36. The average molecular weight is 274 g/mol. The summed E-state index contributed by atoms with van der Waals surface area (Å²) >= 11 is 0. The Bertz CT molecular complexity index is 473. The number of carbonyl (C=O) groups excluding carboxylic acids is 1. The van der Waals surface area contributed by atoms with E-state index >= 15 is 0 Å². The van der Waals surface area contributed by atoms with E-state index in [1.54, 1.807) is 0 Å². The third-order valence-electron chi connectivity index (χ3n) is 4.36. The van der Waals surface area contributed by atoms with Gasteiger partial charge in [0.25, 0.3) is 0 Å². The monoisotopic (exact) mass is 274 g/mol. The highest BCUT2D eigenvalue weighted by Gasteiger charge is 2.24. The molecule has 1 saturated carbocycles. The Hall–Kier alpha value is -1.35. The number of anilines is 1. The fourth-order valence-electron chi connectivity index (χ4n) is 3.30. The van der Waals surface area contributed by atoms with Crippen LogP contribution in [0.25, 0.3) is 0 Å². The van der Waals surface area contributed by atoms with Gasteiger partial charge in [0.2, 0.25) is 5.91 Å². The zero-order chi connectivity index (χ0) is 14.7. The van der Waals surface area contributed by atoms with E-state index in [9.17, 15) is 4.79 Å². The van der Waals surface area contributed by atoms with E-state index in [4.69, 9.17) is 5.73 Å². The zero-order valence-electron chi connectivity index (χ0n) is 12.8. The summed E-state index contributed by atoms with van der Waals surface area (Å²) in [6.07, 6.45) is 5.10. The molecule has 0 saturated heterocycles. The molecule has 2 atom stereocenters. The van der Waals surface area contributed by atoms with E-state index in [0.29, 0.717) is 12.3 Å². The van der Waals surface area contributed by atoms with Gasteiger partial charge in [-0.2, -0.15) is 0 Å². The summed E-state index contributed by atoms with van der Waals surface area (Å²) in [4.78, 5) is 12.2. The van der Waals surface area contributed by atoms with Crippen molar-refractivity contribution in [2.24, 2.45) is 11.7 Å². The Labute approximate surface area is 121 Å². The molecule has 1 fully saturated rings. The summed E-state index contributed by atoms with van der Waals surface area (Å²) < 4.78 is 0. The second-order valence-corrected chi connectivity index (χ2v) is 6.23. The van der Waals surface area contributed by atoms with Crippen molar-refractivity contribution in [1.29, 1.82) is 0 Å². The van der Waals surface area contributed by atoms with Crippen LogP contribution in [0.5, 0.6) is 0 Å². The Balaban J connectivity index is 2.01. The van der Waals surface area contributed by atoms with Gasteiger partial charge in [-0.05, 0) is 50.7 Å². The van der Waals surface area contributed by atoms with Crippen LogP contribution >= 0.6 is 0 Å². The van der Waals surface area contributed by atoms with Crippen molar-refractivity contribution < 1.29 is 4.79 Å². The van der Waals surface area contributed by atoms with Gasteiger partial charge in [-0.1, -0.05) is 30.5 Å². The average Bonchev–Trinajstić information content (AvgIpc) is 2.36. The van der Waals surface area contributed by atoms with Crippen LogP contribution < -0.4 is 11.1 Å². The highest BCUT2D eigenvalue weighted by molar-refractivity contribution is 5.92. The number of hydrogen-bond donors (Lipinski definition) is 2. The van der Waals surface area contributed by atoms with Crippen molar-refractivity contribution in [1.82, 2.24) is 0 Å². The number of hydrogen-bond acceptors (Lipinski definition) is 2. The van der Waals surface area contributed by atoms with Gasteiger partial charge in [-0.25, -0.2) is 0 Å². The second-order valence-electron chi connectivity index (χ2n) is 6.23. The lowest BCUT2D eigenvalue weighted by Gasteiger charge is -2.28. The molecule has 3 nitrogen and oxygen atoms in total. The van der Waals surface area contributed by atoms with E-state index in [1.807, 2.05) is 13.8 Å². The number of nitrogens with two attached hydrogens (primary N) is 1. The molecule has 0 aromatic heterocycles. The maximum absolute atomic E-state index is 12.2. The molecule has 0 spiro atoms. The number of benzene rings is 1. The summed E-state index contributed by atoms with van der Waals surface area (Å²) in [6, 6.07) is 4.40. The van der Waals surface area contributed by atoms with Crippen molar-refractivity contribution >= 4 is 11.6 Å². The first-order chi connectivity index (χ1) is 9.47. The van der Waals surface area contributed by atoms with Crippen LogP contribution in [-0.4, -0.2) is 11.9 Å². The molecule has 0 aliphatic heterocycles. The van der Waals surface area contributed by atoms with E-state index in [1.165, 1.54) is 18.4 Å². The van der Waals surface area contributed by atoms with Crippen LogP contribution in [0.15, 0.2) is 12.1 Å². The van der Waals surface area contributed by atoms with Gasteiger partial charge >= 0.3 is 0 Å². The van der Waals surface area contributed by atoms with Crippen LogP contribution in [0, 0.1) is 26.7 Å². The molecule has 1 aromatic carbocycles. The van der Waals surface area contributed by atoms with Gasteiger partial charge in [0.15, 0.2) is 0 Å². The maximum Gasteiger partial charge on any atom is 0.224 e. The van der Waals surface area contributed by atoms with Gasteiger partial charge in [0.1, 0.15) is 0 Å². The second kappa shape index (κ2) is 6.40. The quantitative estimate of drug-likeness (QED) is 0.887. The van der Waals surface area contributed by atoms with Crippen LogP contribution in [0.1, 0.15) is 48.8 Å². The van der Waals surface area contributed by atoms with Gasteiger partial charge in [-0.15, -0.1) is 0 Å². The first kappa shape index (κ1) is 15.0. The molecule has 110 valence electrons.